The van der Waals surface area contributed by atoms with Crippen LogP contribution >= 0.6 is 0 Å². The molecule has 1 heterocycles. The van der Waals surface area contributed by atoms with Crippen LogP contribution in [-0.4, -0.2) is 34.7 Å². The summed E-state index contributed by atoms with van der Waals surface area (Å²) in [5, 5.41) is 17.5. The third kappa shape index (κ3) is 6.99. The van der Waals surface area contributed by atoms with E-state index >= 15 is 0 Å². The van der Waals surface area contributed by atoms with E-state index in [1.807, 2.05) is 31.2 Å². The molecular weight excluding hydrogens is 472 g/mol. The average molecular weight is 508 g/mol. The van der Waals surface area contributed by atoms with Gasteiger partial charge in [0.1, 0.15) is 11.6 Å². The second kappa shape index (κ2) is 11.9. The van der Waals surface area contributed by atoms with Crippen LogP contribution in [0.15, 0.2) is 60.7 Å². The Morgan fingerprint density at radius 1 is 1.03 bits per heavy atom. The number of halogens is 2. The molecule has 37 heavy (non-hydrogen) atoms. The Hall–Kier alpha value is -3.16. The number of pyridine rings is 1. The summed E-state index contributed by atoms with van der Waals surface area (Å²) in [6.07, 6.45) is 4.27. The van der Waals surface area contributed by atoms with Crippen LogP contribution in [0.25, 0.3) is 11.3 Å². The zero-order chi connectivity index (χ0) is 26.4. The summed E-state index contributed by atoms with van der Waals surface area (Å²) >= 11 is 0. The van der Waals surface area contributed by atoms with Gasteiger partial charge >= 0.3 is 0 Å². The van der Waals surface area contributed by atoms with E-state index in [9.17, 15) is 18.7 Å². The Labute approximate surface area is 217 Å². The monoisotopic (exact) mass is 507 g/mol. The van der Waals surface area contributed by atoms with E-state index in [-0.39, 0.29) is 24.4 Å². The molecule has 2 unspecified atom stereocenters. The largest absolute Gasteiger partial charge is 0.390 e. The first-order chi connectivity index (χ1) is 17.7. The normalized spacial score (nSPS) is 16.7. The van der Waals surface area contributed by atoms with Crippen LogP contribution in [0.3, 0.4) is 0 Å². The molecule has 5 nitrogen and oxygen atoms in total. The van der Waals surface area contributed by atoms with Gasteiger partial charge in [-0.2, -0.15) is 0 Å². The van der Waals surface area contributed by atoms with Gasteiger partial charge in [0.15, 0.2) is 0 Å². The second-order valence-corrected chi connectivity index (χ2v) is 10.1. The summed E-state index contributed by atoms with van der Waals surface area (Å²) in [6, 6.07) is 16.9. The molecule has 3 aromatic rings. The van der Waals surface area contributed by atoms with E-state index in [0.29, 0.717) is 5.56 Å². The summed E-state index contributed by atoms with van der Waals surface area (Å²) in [7, 11) is 0. The predicted octanol–water partition coefficient (Wildman–Crippen LogP) is 5.19. The first-order valence-electron chi connectivity index (χ1n) is 12.9. The van der Waals surface area contributed by atoms with Gasteiger partial charge in [0.25, 0.3) is 0 Å². The molecular formula is C30H35F2N3O2. The molecule has 196 valence electrons. The van der Waals surface area contributed by atoms with Gasteiger partial charge in [0.2, 0.25) is 5.91 Å². The van der Waals surface area contributed by atoms with Crippen molar-refractivity contribution in [3.8, 4) is 11.3 Å². The second-order valence-electron chi connectivity index (χ2n) is 10.1. The summed E-state index contributed by atoms with van der Waals surface area (Å²) in [4.78, 5) is 16.5. The summed E-state index contributed by atoms with van der Waals surface area (Å²) in [5.41, 5.74) is 4.10. The van der Waals surface area contributed by atoms with Crippen molar-refractivity contribution in [2.45, 2.75) is 70.1 Å². The van der Waals surface area contributed by atoms with Crippen LogP contribution < -0.4 is 10.6 Å². The Bertz CT molecular complexity index is 1210. The number of aryl methyl sites for hydroxylation is 1. The number of aliphatic hydroxyl groups excluding tert-OH is 1. The van der Waals surface area contributed by atoms with E-state index in [0.717, 1.165) is 60.7 Å². The smallest absolute Gasteiger partial charge is 0.217 e. The Balaban J connectivity index is 1.55. The number of aromatic nitrogens is 1. The lowest BCUT2D eigenvalue weighted by Crippen LogP contribution is -2.53. The van der Waals surface area contributed by atoms with E-state index in [4.69, 9.17) is 0 Å². The Morgan fingerprint density at radius 2 is 1.73 bits per heavy atom. The number of rotatable bonds is 9. The van der Waals surface area contributed by atoms with Gasteiger partial charge in [-0.25, -0.2) is 8.78 Å². The molecule has 1 saturated carbocycles. The number of hydrogen-bond acceptors (Lipinski definition) is 4. The van der Waals surface area contributed by atoms with Crippen molar-refractivity contribution in [1.29, 1.82) is 0 Å². The van der Waals surface area contributed by atoms with Crippen LogP contribution in [0.2, 0.25) is 0 Å². The number of hydrogen-bond donors (Lipinski definition) is 3. The van der Waals surface area contributed by atoms with Gasteiger partial charge in [0.05, 0.1) is 17.8 Å². The molecule has 1 aromatic heterocycles. The minimum absolute atomic E-state index is 0.110. The fourth-order valence-electron chi connectivity index (χ4n) is 5.37. The first-order valence-corrected chi connectivity index (χ1v) is 12.9. The molecule has 0 radical (unpaired) electrons. The highest BCUT2D eigenvalue weighted by Gasteiger charge is 2.35. The van der Waals surface area contributed by atoms with Gasteiger partial charge in [-0.3, -0.25) is 9.78 Å². The molecule has 7 heteroatoms. The predicted molar refractivity (Wildman–Crippen MR) is 141 cm³/mol. The van der Waals surface area contributed by atoms with Gasteiger partial charge in [-0.15, -0.1) is 0 Å². The number of aliphatic hydroxyl groups is 1. The summed E-state index contributed by atoms with van der Waals surface area (Å²) in [6.45, 7) is 3.56. The fraction of sp³-hybridized carbons (Fsp3) is 0.400. The minimum Gasteiger partial charge on any atom is -0.390 e. The zero-order valence-corrected chi connectivity index (χ0v) is 21.4. The number of carbonyl (C=O) groups excluding carboxylic acids is 1. The van der Waals surface area contributed by atoms with Crippen molar-refractivity contribution < 1.29 is 18.7 Å². The molecule has 1 aliphatic carbocycles. The van der Waals surface area contributed by atoms with Crippen molar-refractivity contribution in [2.75, 3.05) is 6.54 Å². The lowest BCUT2D eigenvalue weighted by atomic mass is 9.76. The SMILES string of the molecule is CC(=O)NC(Cc1cc(F)cc(F)c1)C(O)CNC1(c2cccc(-c3cccc(C)n3)c2)CCCCC1. The third-order valence-electron chi connectivity index (χ3n) is 7.19. The highest BCUT2D eigenvalue weighted by Crippen LogP contribution is 2.38. The summed E-state index contributed by atoms with van der Waals surface area (Å²) < 4.78 is 27.5. The minimum atomic E-state index is -0.962. The van der Waals surface area contributed by atoms with Crippen LogP contribution in [-0.2, 0) is 16.8 Å². The number of nitrogens with zero attached hydrogens (tertiary/aromatic N) is 1. The highest BCUT2D eigenvalue weighted by molar-refractivity contribution is 5.73. The van der Waals surface area contributed by atoms with E-state index < -0.39 is 23.8 Å². The third-order valence-corrected chi connectivity index (χ3v) is 7.19. The fourth-order valence-corrected chi connectivity index (χ4v) is 5.37. The van der Waals surface area contributed by atoms with Crippen LogP contribution in [0.1, 0.15) is 55.8 Å². The quantitative estimate of drug-likeness (QED) is 0.373. The van der Waals surface area contributed by atoms with Crippen molar-refractivity contribution in [3.05, 3.63) is 89.1 Å². The van der Waals surface area contributed by atoms with Crippen LogP contribution in [0, 0.1) is 18.6 Å². The molecule has 0 saturated heterocycles. The molecule has 1 amide bonds. The lowest BCUT2D eigenvalue weighted by molar-refractivity contribution is -0.120. The van der Waals surface area contributed by atoms with Crippen LogP contribution in [0.5, 0.6) is 0 Å². The van der Waals surface area contributed by atoms with Crippen molar-refractivity contribution >= 4 is 5.91 Å². The van der Waals surface area contributed by atoms with E-state index in [2.05, 4.69) is 33.8 Å². The topological polar surface area (TPSA) is 74.2 Å². The average Bonchev–Trinajstić information content (AvgIpc) is 2.87. The van der Waals surface area contributed by atoms with Gasteiger partial charge < -0.3 is 15.7 Å². The molecule has 0 aliphatic heterocycles. The standard InChI is InChI=1S/C30H35F2N3O2/c1-20-8-6-11-27(34-20)23-9-7-10-24(17-23)30(12-4-3-5-13-30)33-19-29(37)28(35-21(2)36)16-22-14-25(31)18-26(32)15-22/h6-11,14-15,17-18,28-29,33,37H,3-5,12-13,16,19H2,1-2H3,(H,35,36). The Morgan fingerprint density at radius 3 is 2.41 bits per heavy atom. The highest BCUT2D eigenvalue weighted by atomic mass is 19.1. The molecule has 3 N–H and O–H groups in total. The molecule has 1 aliphatic rings. The molecule has 0 bridgehead atoms. The number of carbonyl (C=O) groups is 1. The van der Waals surface area contributed by atoms with Crippen molar-refractivity contribution in [2.24, 2.45) is 0 Å². The molecule has 1 fully saturated rings. The van der Waals surface area contributed by atoms with Crippen molar-refractivity contribution in [1.82, 2.24) is 15.6 Å². The van der Waals surface area contributed by atoms with Gasteiger partial charge in [-0.05, 0) is 67.6 Å². The first kappa shape index (κ1) is 26.9. The summed E-state index contributed by atoms with van der Waals surface area (Å²) in [5.74, 6) is -1.69. The lowest BCUT2D eigenvalue weighted by Gasteiger charge is -2.40. The van der Waals surface area contributed by atoms with Crippen LogP contribution in [0.4, 0.5) is 8.78 Å². The molecule has 2 atom stereocenters. The number of nitrogens with one attached hydrogen (secondary N) is 2. The van der Waals surface area contributed by atoms with Gasteiger partial charge in [-0.1, -0.05) is 43.5 Å². The maximum atomic E-state index is 13.7. The van der Waals surface area contributed by atoms with Gasteiger partial charge in [0, 0.05) is 36.3 Å². The molecule has 0 spiro atoms. The number of amides is 1. The maximum Gasteiger partial charge on any atom is 0.217 e. The zero-order valence-electron chi connectivity index (χ0n) is 21.4. The van der Waals surface area contributed by atoms with E-state index in [1.54, 1.807) is 0 Å². The maximum absolute atomic E-state index is 13.7. The van der Waals surface area contributed by atoms with Crippen molar-refractivity contribution in [3.63, 3.8) is 0 Å². The van der Waals surface area contributed by atoms with E-state index in [1.165, 1.54) is 19.1 Å². The molecule has 2 aromatic carbocycles. The molecule has 4 rings (SSSR count). The number of benzene rings is 2. The Kier molecular flexibility index (Phi) is 8.67.